The molecule has 0 unspecified atom stereocenters. The van der Waals surface area contributed by atoms with E-state index < -0.39 is 13.8 Å². The van der Waals surface area contributed by atoms with Gasteiger partial charge in [-0.15, -0.1) is 0 Å². The van der Waals surface area contributed by atoms with Crippen LogP contribution in [-0.4, -0.2) is 21.7 Å². The minimum atomic E-state index is -4.15. The van der Waals surface area contributed by atoms with E-state index in [2.05, 4.69) is 6.08 Å². The molecule has 0 amide bonds. The first-order chi connectivity index (χ1) is 6.81. The van der Waals surface area contributed by atoms with Crippen LogP contribution < -0.4 is 0 Å². The van der Waals surface area contributed by atoms with Gasteiger partial charge in [-0.05, 0) is 33.1 Å². The van der Waals surface area contributed by atoms with Crippen LogP contribution in [0.15, 0.2) is 11.6 Å². The van der Waals surface area contributed by atoms with Crippen LogP contribution in [0.5, 0.6) is 0 Å². The molecule has 0 aliphatic carbocycles. The maximum Gasteiger partial charge on any atom is 0.332 e. The van der Waals surface area contributed by atoms with Crippen LogP contribution in [-0.2, 0) is 9.36 Å². The number of allylic oxidation sites excluding steroid dienone is 2. The maximum atomic E-state index is 11.0. The second kappa shape index (κ2) is 6.94. The number of Topliss-reactive ketones (excluding diaryl/α,β-unsaturated/α-hetero) is 1. The molecule has 5 heteroatoms. The first kappa shape index (κ1) is 14.6. The first-order valence-electron chi connectivity index (χ1n) is 5.01. The number of hydrogen-bond acceptors (Lipinski definition) is 2. The Labute approximate surface area is 90.5 Å². The third-order valence-corrected chi connectivity index (χ3v) is 2.61. The fourth-order valence-corrected chi connectivity index (χ4v) is 1.78. The monoisotopic (exact) mass is 234 g/mol. The Bertz CT molecular complexity index is 273. The summed E-state index contributed by atoms with van der Waals surface area (Å²) in [6.45, 7) is 4.03. The van der Waals surface area contributed by atoms with Crippen LogP contribution in [0.1, 0.15) is 39.5 Å². The van der Waals surface area contributed by atoms with Crippen molar-refractivity contribution in [3.05, 3.63) is 11.6 Å². The second-order valence-electron chi connectivity index (χ2n) is 3.89. The molecule has 0 aliphatic heterocycles. The SMILES string of the molecule is CC(C)=CCCCCC(=O)CP(=O)(O)O. The van der Waals surface area contributed by atoms with E-state index in [0.717, 1.165) is 12.8 Å². The molecule has 0 aromatic carbocycles. The molecule has 0 aliphatic rings. The molecule has 0 saturated carbocycles. The summed E-state index contributed by atoms with van der Waals surface area (Å²) in [6, 6.07) is 0. The van der Waals surface area contributed by atoms with Gasteiger partial charge >= 0.3 is 7.60 Å². The highest BCUT2D eigenvalue weighted by atomic mass is 31.2. The largest absolute Gasteiger partial charge is 0.332 e. The lowest BCUT2D eigenvalue weighted by Gasteiger charge is -2.02. The summed E-state index contributed by atoms with van der Waals surface area (Å²) in [7, 11) is -4.15. The lowest BCUT2D eigenvalue weighted by atomic mass is 10.1. The zero-order valence-corrected chi connectivity index (χ0v) is 10.2. The van der Waals surface area contributed by atoms with Gasteiger partial charge in [0.1, 0.15) is 11.9 Å². The van der Waals surface area contributed by atoms with E-state index in [1.807, 2.05) is 13.8 Å². The summed E-state index contributed by atoms with van der Waals surface area (Å²) in [5.74, 6) is -0.347. The number of carbonyl (C=O) groups is 1. The maximum absolute atomic E-state index is 11.0. The summed E-state index contributed by atoms with van der Waals surface area (Å²) < 4.78 is 10.5. The number of rotatable bonds is 7. The Morgan fingerprint density at radius 3 is 2.33 bits per heavy atom. The van der Waals surface area contributed by atoms with Gasteiger partial charge in [-0.2, -0.15) is 0 Å². The van der Waals surface area contributed by atoms with Gasteiger partial charge in [0.2, 0.25) is 0 Å². The molecule has 0 saturated heterocycles. The van der Waals surface area contributed by atoms with E-state index in [1.54, 1.807) is 0 Å². The van der Waals surface area contributed by atoms with Gasteiger partial charge in [-0.1, -0.05) is 11.6 Å². The Balaban J connectivity index is 3.57. The zero-order valence-electron chi connectivity index (χ0n) is 9.27. The van der Waals surface area contributed by atoms with Crippen molar-refractivity contribution in [2.24, 2.45) is 0 Å². The fraction of sp³-hybridized carbons (Fsp3) is 0.700. The van der Waals surface area contributed by atoms with Gasteiger partial charge < -0.3 is 9.79 Å². The number of carbonyl (C=O) groups excluding carboxylic acids is 1. The third kappa shape index (κ3) is 11.5. The molecule has 0 aromatic rings. The molecule has 2 N–H and O–H groups in total. The van der Waals surface area contributed by atoms with Crippen LogP contribution in [0, 0.1) is 0 Å². The quantitative estimate of drug-likeness (QED) is 0.402. The van der Waals surface area contributed by atoms with Crippen LogP contribution in [0.2, 0.25) is 0 Å². The zero-order chi connectivity index (χ0) is 11.9. The Hall–Kier alpha value is -0.440. The first-order valence-corrected chi connectivity index (χ1v) is 6.80. The highest BCUT2D eigenvalue weighted by Crippen LogP contribution is 2.34. The predicted molar refractivity (Wildman–Crippen MR) is 59.8 cm³/mol. The van der Waals surface area contributed by atoms with Gasteiger partial charge in [-0.3, -0.25) is 9.36 Å². The van der Waals surface area contributed by atoms with Crippen molar-refractivity contribution >= 4 is 13.4 Å². The minimum Gasteiger partial charge on any atom is -0.324 e. The molecular formula is C10H19O4P. The molecule has 88 valence electrons. The van der Waals surface area contributed by atoms with Crippen molar-refractivity contribution in [2.75, 3.05) is 6.16 Å². The molecule has 4 nitrogen and oxygen atoms in total. The van der Waals surface area contributed by atoms with Crippen molar-refractivity contribution in [1.82, 2.24) is 0 Å². The van der Waals surface area contributed by atoms with E-state index in [4.69, 9.17) is 9.79 Å². The van der Waals surface area contributed by atoms with E-state index in [9.17, 15) is 9.36 Å². The van der Waals surface area contributed by atoms with Crippen molar-refractivity contribution in [2.45, 2.75) is 39.5 Å². The molecule has 15 heavy (non-hydrogen) atoms. The number of hydrogen-bond donors (Lipinski definition) is 2. The van der Waals surface area contributed by atoms with Gasteiger partial charge in [-0.25, -0.2) is 0 Å². The highest BCUT2D eigenvalue weighted by Gasteiger charge is 2.17. The Morgan fingerprint density at radius 1 is 1.27 bits per heavy atom. The molecular weight excluding hydrogens is 215 g/mol. The van der Waals surface area contributed by atoms with Crippen LogP contribution in [0.4, 0.5) is 0 Å². The molecule has 0 rings (SSSR count). The number of unbranched alkanes of at least 4 members (excludes halogenated alkanes) is 2. The standard InChI is InChI=1S/C10H19O4P/c1-9(2)6-4-3-5-7-10(11)8-15(12,13)14/h6H,3-5,7-8H2,1-2H3,(H2,12,13,14). The van der Waals surface area contributed by atoms with Crippen molar-refractivity contribution in [3.8, 4) is 0 Å². The molecule has 0 atom stereocenters. The van der Waals surface area contributed by atoms with Crippen LogP contribution >= 0.6 is 7.60 Å². The summed E-state index contributed by atoms with van der Waals surface area (Å²) >= 11 is 0. The fourth-order valence-electron chi connectivity index (χ4n) is 1.17. The summed E-state index contributed by atoms with van der Waals surface area (Å²) in [4.78, 5) is 28.1. The van der Waals surface area contributed by atoms with Gasteiger partial charge in [0.25, 0.3) is 0 Å². The average molecular weight is 234 g/mol. The van der Waals surface area contributed by atoms with Gasteiger partial charge in [0.05, 0.1) is 0 Å². The lowest BCUT2D eigenvalue weighted by Crippen LogP contribution is -2.04. The summed E-state index contributed by atoms with van der Waals surface area (Å²) in [5.41, 5.74) is 1.25. The van der Waals surface area contributed by atoms with E-state index >= 15 is 0 Å². The van der Waals surface area contributed by atoms with Gasteiger partial charge in [0.15, 0.2) is 0 Å². The third-order valence-electron chi connectivity index (χ3n) is 1.84. The van der Waals surface area contributed by atoms with Crippen LogP contribution in [0.25, 0.3) is 0 Å². The van der Waals surface area contributed by atoms with Gasteiger partial charge in [0, 0.05) is 6.42 Å². The number of ketones is 1. The van der Waals surface area contributed by atoms with E-state index in [-0.39, 0.29) is 12.2 Å². The topological polar surface area (TPSA) is 74.6 Å². The molecule has 0 radical (unpaired) electrons. The molecule has 0 spiro atoms. The van der Waals surface area contributed by atoms with Crippen molar-refractivity contribution < 1.29 is 19.1 Å². The minimum absolute atomic E-state index is 0.266. The predicted octanol–water partition coefficient (Wildman–Crippen LogP) is 2.26. The molecule has 0 aromatic heterocycles. The van der Waals surface area contributed by atoms with Crippen molar-refractivity contribution in [3.63, 3.8) is 0 Å². The van der Waals surface area contributed by atoms with E-state index in [1.165, 1.54) is 5.57 Å². The van der Waals surface area contributed by atoms with Crippen LogP contribution in [0.3, 0.4) is 0 Å². The Kier molecular flexibility index (Phi) is 6.73. The molecule has 0 heterocycles. The average Bonchev–Trinajstić information content (AvgIpc) is 1.99. The summed E-state index contributed by atoms with van der Waals surface area (Å²) in [6.07, 6.45) is 4.25. The van der Waals surface area contributed by atoms with E-state index in [0.29, 0.717) is 6.42 Å². The summed E-state index contributed by atoms with van der Waals surface area (Å²) in [5, 5.41) is 0. The smallest absolute Gasteiger partial charge is 0.324 e. The Morgan fingerprint density at radius 2 is 1.87 bits per heavy atom. The normalized spacial score (nSPS) is 11.2. The second-order valence-corrected chi connectivity index (χ2v) is 5.53. The molecule has 0 bridgehead atoms. The lowest BCUT2D eigenvalue weighted by molar-refractivity contribution is -0.117. The van der Waals surface area contributed by atoms with Crippen molar-refractivity contribution in [1.29, 1.82) is 0 Å². The highest BCUT2D eigenvalue weighted by molar-refractivity contribution is 7.52. The molecule has 0 fully saturated rings.